The van der Waals surface area contributed by atoms with Crippen molar-refractivity contribution in [2.75, 3.05) is 25.9 Å². The number of guanidine groups is 1. The van der Waals surface area contributed by atoms with Crippen LogP contribution in [0.15, 0.2) is 4.99 Å². The summed E-state index contributed by atoms with van der Waals surface area (Å²) in [4.78, 5) is 15.7. The molecular formula is C16H33IN4O2S. The molecule has 0 aromatic heterocycles. The Morgan fingerprint density at radius 2 is 1.92 bits per heavy atom. The van der Waals surface area contributed by atoms with Crippen LogP contribution in [0, 0.1) is 5.92 Å². The molecule has 0 bridgehead atoms. The molecule has 1 aliphatic carbocycles. The molecule has 6 nitrogen and oxygen atoms in total. The van der Waals surface area contributed by atoms with Crippen molar-refractivity contribution in [3.8, 4) is 0 Å². The van der Waals surface area contributed by atoms with Crippen molar-refractivity contribution in [3.05, 3.63) is 0 Å². The molecule has 0 aromatic rings. The Balaban J connectivity index is 0.00000529. The van der Waals surface area contributed by atoms with Gasteiger partial charge >= 0.3 is 0 Å². The monoisotopic (exact) mass is 472 g/mol. The number of hydrogen-bond donors (Lipinski definition) is 3. The van der Waals surface area contributed by atoms with Crippen molar-refractivity contribution in [3.63, 3.8) is 0 Å². The van der Waals surface area contributed by atoms with Crippen molar-refractivity contribution in [2.45, 2.75) is 57.7 Å². The molecule has 8 heteroatoms. The Labute approximate surface area is 165 Å². The van der Waals surface area contributed by atoms with E-state index in [0.29, 0.717) is 24.4 Å². The lowest BCUT2D eigenvalue weighted by molar-refractivity contribution is -0.123. The molecule has 24 heavy (non-hydrogen) atoms. The lowest BCUT2D eigenvalue weighted by Gasteiger charge is -2.30. The van der Waals surface area contributed by atoms with Gasteiger partial charge in [-0.1, -0.05) is 27.2 Å². The molecule has 3 atom stereocenters. The normalized spacial score (nSPS) is 22.5. The van der Waals surface area contributed by atoms with Gasteiger partial charge in [-0.15, -0.1) is 24.0 Å². The average Bonchev–Trinajstić information content (AvgIpc) is 2.56. The largest absolute Gasteiger partial charge is 0.355 e. The van der Waals surface area contributed by atoms with Crippen LogP contribution in [-0.4, -0.2) is 53.3 Å². The number of carbonyl (C=O) groups is 1. The standard InChI is InChI=1S/C16H32N4O2S.HI/c1-5-23(22)14-8-6-7-13(11-14)20-16(17-4)19-10-9-18-15(21)12(2)3;/h12-14H,5-11H2,1-4H3,(H,18,21)(H2,17,19,20);1H. The van der Waals surface area contributed by atoms with Crippen molar-refractivity contribution >= 4 is 46.6 Å². The summed E-state index contributed by atoms with van der Waals surface area (Å²) in [6.07, 6.45) is 4.19. The summed E-state index contributed by atoms with van der Waals surface area (Å²) in [5, 5.41) is 9.81. The van der Waals surface area contributed by atoms with Crippen LogP contribution >= 0.6 is 24.0 Å². The van der Waals surface area contributed by atoms with Crippen LogP contribution in [-0.2, 0) is 15.6 Å². The van der Waals surface area contributed by atoms with Crippen LogP contribution in [0.25, 0.3) is 0 Å². The van der Waals surface area contributed by atoms with Gasteiger partial charge in [-0.3, -0.25) is 14.0 Å². The fraction of sp³-hybridized carbons (Fsp3) is 0.875. The summed E-state index contributed by atoms with van der Waals surface area (Å²) in [6, 6.07) is 0.320. The first-order chi connectivity index (χ1) is 11.0. The maximum Gasteiger partial charge on any atom is 0.222 e. The Kier molecular flexibility index (Phi) is 12.7. The van der Waals surface area contributed by atoms with Gasteiger partial charge in [0.25, 0.3) is 0 Å². The Bertz CT molecular complexity index is 432. The van der Waals surface area contributed by atoms with E-state index in [2.05, 4.69) is 20.9 Å². The lowest BCUT2D eigenvalue weighted by atomic mass is 9.95. The number of amides is 1. The third-order valence-electron chi connectivity index (χ3n) is 4.09. The number of carbonyl (C=O) groups excluding carboxylic acids is 1. The minimum absolute atomic E-state index is 0. The topological polar surface area (TPSA) is 82.6 Å². The number of aliphatic imine (C=N–C) groups is 1. The SMILES string of the molecule is CCS(=O)C1CCCC(NC(=NC)NCCNC(=O)C(C)C)C1.I. The van der Waals surface area contributed by atoms with E-state index in [1.807, 2.05) is 20.8 Å². The third kappa shape index (κ3) is 8.64. The first kappa shape index (κ1) is 23.6. The lowest BCUT2D eigenvalue weighted by Crippen LogP contribution is -2.48. The van der Waals surface area contributed by atoms with Crippen LogP contribution in [0.3, 0.4) is 0 Å². The molecule has 0 radical (unpaired) electrons. The first-order valence-electron chi connectivity index (χ1n) is 8.60. The highest BCUT2D eigenvalue weighted by Gasteiger charge is 2.25. The van der Waals surface area contributed by atoms with E-state index in [4.69, 9.17) is 0 Å². The second kappa shape index (κ2) is 12.9. The van der Waals surface area contributed by atoms with Crippen LogP contribution < -0.4 is 16.0 Å². The molecule has 1 amide bonds. The fourth-order valence-electron chi connectivity index (χ4n) is 2.71. The van der Waals surface area contributed by atoms with Gasteiger partial charge in [0.2, 0.25) is 5.91 Å². The van der Waals surface area contributed by atoms with Gasteiger partial charge in [-0.25, -0.2) is 0 Å². The molecule has 1 fully saturated rings. The summed E-state index contributed by atoms with van der Waals surface area (Å²) in [5.41, 5.74) is 0. The van der Waals surface area contributed by atoms with Gasteiger partial charge in [-0.2, -0.15) is 0 Å². The smallest absolute Gasteiger partial charge is 0.222 e. The van der Waals surface area contributed by atoms with Crippen LogP contribution in [0.2, 0.25) is 0 Å². The van der Waals surface area contributed by atoms with Gasteiger partial charge in [-0.05, 0) is 19.3 Å². The molecule has 0 aliphatic heterocycles. The predicted molar refractivity (Wildman–Crippen MR) is 112 cm³/mol. The third-order valence-corrected chi connectivity index (χ3v) is 5.83. The minimum atomic E-state index is -0.715. The average molecular weight is 472 g/mol. The molecule has 3 N–H and O–H groups in total. The zero-order valence-electron chi connectivity index (χ0n) is 15.3. The second-order valence-corrected chi connectivity index (χ2v) is 8.25. The van der Waals surface area contributed by atoms with Gasteiger partial charge in [0.1, 0.15) is 0 Å². The van der Waals surface area contributed by atoms with Gasteiger partial charge in [0.05, 0.1) is 0 Å². The van der Waals surface area contributed by atoms with E-state index in [0.717, 1.165) is 37.4 Å². The van der Waals surface area contributed by atoms with E-state index < -0.39 is 10.8 Å². The van der Waals surface area contributed by atoms with Crippen molar-refractivity contribution in [1.29, 1.82) is 0 Å². The van der Waals surface area contributed by atoms with Crippen LogP contribution in [0.5, 0.6) is 0 Å². The fourth-order valence-corrected chi connectivity index (χ4v) is 4.06. The number of hydrogen-bond acceptors (Lipinski definition) is 3. The van der Waals surface area contributed by atoms with Crippen molar-refractivity contribution in [1.82, 2.24) is 16.0 Å². The Morgan fingerprint density at radius 1 is 1.25 bits per heavy atom. The van der Waals surface area contributed by atoms with Crippen LogP contribution in [0.4, 0.5) is 0 Å². The maximum absolute atomic E-state index is 12.0. The highest BCUT2D eigenvalue weighted by Crippen LogP contribution is 2.22. The summed E-state index contributed by atoms with van der Waals surface area (Å²) < 4.78 is 12.0. The molecule has 142 valence electrons. The van der Waals surface area contributed by atoms with Gasteiger partial charge in [0, 0.05) is 53.9 Å². The molecule has 0 spiro atoms. The molecule has 0 aromatic carbocycles. The molecule has 0 heterocycles. The molecule has 1 rings (SSSR count). The number of rotatable bonds is 7. The van der Waals surface area contributed by atoms with E-state index in [1.165, 1.54) is 0 Å². The molecular weight excluding hydrogens is 439 g/mol. The number of halogens is 1. The summed E-state index contributed by atoms with van der Waals surface area (Å²) >= 11 is 0. The van der Waals surface area contributed by atoms with E-state index in [9.17, 15) is 9.00 Å². The predicted octanol–water partition coefficient (Wildman–Crippen LogP) is 1.62. The maximum atomic E-state index is 12.0. The molecule has 0 saturated heterocycles. The first-order valence-corrected chi connectivity index (χ1v) is 9.98. The highest BCUT2D eigenvalue weighted by atomic mass is 127. The zero-order valence-corrected chi connectivity index (χ0v) is 18.4. The molecule has 1 aliphatic rings. The quantitative estimate of drug-likeness (QED) is 0.228. The van der Waals surface area contributed by atoms with E-state index >= 15 is 0 Å². The second-order valence-electron chi connectivity index (χ2n) is 6.24. The van der Waals surface area contributed by atoms with Crippen molar-refractivity contribution in [2.24, 2.45) is 10.9 Å². The van der Waals surface area contributed by atoms with Gasteiger partial charge in [0.15, 0.2) is 5.96 Å². The number of nitrogens with zero attached hydrogens (tertiary/aromatic N) is 1. The molecule has 1 saturated carbocycles. The highest BCUT2D eigenvalue weighted by molar-refractivity contribution is 14.0. The number of nitrogens with one attached hydrogen (secondary N) is 3. The van der Waals surface area contributed by atoms with Gasteiger partial charge < -0.3 is 16.0 Å². The van der Waals surface area contributed by atoms with E-state index in [-0.39, 0.29) is 35.8 Å². The Morgan fingerprint density at radius 3 is 2.50 bits per heavy atom. The summed E-state index contributed by atoms with van der Waals surface area (Å²) in [7, 11) is 1.03. The van der Waals surface area contributed by atoms with Crippen molar-refractivity contribution < 1.29 is 9.00 Å². The van der Waals surface area contributed by atoms with E-state index in [1.54, 1.807) is 7.05 Å². The van der Waals surface area contributed by atoms with Crippen LogP contribution in [0.1, 0.15) is 46.5 Å². The Hall–Kier alpha value is -0.380. The summed E-state index contributed by atoms with van der Waals surface area (Å²) in [5.74, 6) is 1.55. The zero-order chi connectivity index (χ0) is 17.2. The molecule has 3 unspecified atom stereocenters. The summed E-state index contributed by atoms with van der Waals surface area (Å²) in [6.45, 7) is 6.95. The minimum Gasteiger partial charge on any atom is -0.355 e.